The number of rotatable bonds is 24. The number of likely N-dealkylation sites (N-methyl/N-ethyl adjacent to an activating group) is 2. The van der Waals surface area contributed by atoms with Crippen molar-refractivity contribution < 1.29 is 14.4 Å². The quantitative estimate of drug-likeness (QED) is 0.0386. The second kappa shape index (κ2) is 24.4. The Labute approximate surface area is 337 Å². The number of carbonyl (C=O) groups is 3. The van der Waals surface area contributed by atoms with Crippen LogP contribution in [0.3, 0.4) is 0 Å². The zero-order chi connectivity index (χ0) is 40.2. The molecule has 0 aliphatic heterocycles. The second-order valence-corrected chi connectivity index (χ2v) is 14.3. The van der Waals surface area contributed by atoms with Gasteiger partial charge in [-0.25, -0.2) is 0 Å². The third-order valence-corrected chi connectivity index (χ3v) is 10.1. The van der Waals surface area contributed by atoms with Crippen LogP contribution in [0.5, 0.6) is 0 Å². The van der Waals surface area contributed by atoms with E-state index in [9.17, 15) is 14.4 Å². The Hall–Kier alpha value is -4.14. The molecular formula is C41H60ClN9O3S. The molecule has 3 atom stereocenters. The van der Waals surface area contributed by atoms with Gasteiger partial charge < -0.3 is 42.2 Å². The van der Waals surface area contributed by atoms with Crippen LogP contribution >= 0.6 is 24.2 Å². The SMILES string of the molecule is CC/C=C\N(C)/C(CNC(=O)[C@H](Cc1c[nH]c2ccccc12)N(C)C(=O)[C@H](CCCCN)NC(=O)[C@H](CCCN)NCc1ccccc1S)=C(Cl)\C=N/CC. The third-order valence-electron chi connectivity index (χ3n) is 9.39. The maximum absolute atomic E-state index is 14.5. The molecule has 1 heterocycles. The molecule has 0 radical (unpaired) electrons. The van der Waals surface area contributed by atoms with E-state index in [1.165, 1.54) is 4.90 Å². The van der Waals surface area contributed by atoms with Crippen molar-refractivity contribution in [3.63, 3.8) is 0 Å². The summed E-state index contributed by atoms with van der Waals surface area (Å²) in [6, 6.07) is 13.1. The number of hydrogen-bond acceptors (Lipinski definition) is 9. The normalized spacial score (nSPS) is 13.8. The average Bonchev–Trinajstić information content (AvgIpc) is 3.60. The summed E-state index contributed by atoms with van der Waals surface area (Å²) in [7, 11) is 3.47. The van der Waals surface area contributed by atoms with Crippen LogP contribution in [0.1, 0.15) is 63.5 Å². The lowest BCUT2D eigenvalue weighted by Crippen LogP contribution is -2.57. The lowest BCUT2D eigenvalue weighted by molar-refractivity contribution is -0.142. The average molecular weight is 795 g/mol. The molecule has 0 bridgehead atoms. The summed E-state index contributed by atoms with van der Waals surface area (Å²) in [6.07, 6.45) is 11.1. The number of aliphatic imine (C=N–C) groups is 1. The Morgan fingerprint density at radius 1 is 0.945 bits per heavy atom. The first-order valence-electron chi connectivity index (χ1n) is 19.1. The van der Waals surface area contributed by atoms with Crippen molar-refractivity contribution in [2.45, 2.75) is 88.4 Å². The van der Waals surface area contributed by atoms with Gasteiger partial charge in [0.25, 0.3) is 0 Å². The molecule has 55 heavy (non-hydrogen) atoms. The Balaban J connectivity index is 1.94. The molecule has 12 nitrogen and oxygen atoms in total. The van der Waals surface area contributed by atoms with Crippen molar-refractivity contribution in [3.8, 4) is 0 Å². The lowest BCUT2D eigenvalue weighted by atomic mass is 10.0. The number of hydrogen-bond donors (Lipinski definition) is 7. The van der Waals surface area contributed by atoms with Gasteiger partial charge in [0.2, 0.25) is 17.7 Å². The van der Waals surface area contributed by atoms with Crippen LogP contribution in [0, 0.1) is 0 Å². The Morgan fingerprint density at radius 2 is 1.65 bits per heavy atom. The van der Waals surface area contributed by atoms with Gasteiger partial charge in [-0.1, -0.05) is 61.0 Å². The molecule has 1 aromatic heterocycles. The fraction of sp³-hybridized carbons (Fsp3) is 0.463. The topological polar surface area (TPSA) is 174 Å². The minimum atomic E-state index is -0.931. The first-order chi connectivity index (χ1) is 26.6. The number of unbranched alkanes of at least 4 members (excludes halogenated alkanes) is 1. The Kier molecular flexibility index (Phi) is 20.1. The molecule has 3 aromatic rings. The van der Waals surface area contributed by atoms with E-state index in [4.69, 9.17) is 23.1 Å². The van der Waals surface area contributed by atoms with Crippen molar-refractivity contribution >= 4 is 59.1 Å². The number of aromatic nitrogens is 1. The van der Waals surface area contributed by atoms with Gasteiger partial charge in [0.05, 0.1) is 23.3 Å². The van der Waals surface area contributed by atoms with E-state index in [0.29, 0.717) is 69.0 Å². The van der Waals surface area contributed by atoms with Gasteiger partial charge in [-0.15, -0.1) is 12.6 Å². The molecule has 3 amide bonds. The number of H-pyrrole nitrogens is 1. The molecule has 3 rings (SSSR count). The molecule has 0 spiro atoms. The fourth-order valence-corrected chi connectivity index (χ4v) is 6.65. The van der Waals surface area contributed by atoms with E-state index in [1.54, 1.807) is 13.3 Å². The standard InChI is InChI=1S/C41H60ClN9O3S/c1-5-7-23-50(3)37(32(42)27-45-6-2)28-48-40(53)36(24-30-26-46-33-17-10-9-16-31(30)33)51(4)41(54)35(18-12-13-21-43)49-39(52)34(19-14-22-44)47-25-29-15-8-11-20-38(29)55/h7-11,15-17,20,23,26-27,34-36,46-47,55H,5-6,12-14,18-19,21-22,24-25,28,43-44H2,1-4H3,(H,48,53)(H,49,52)/b23-7-,37-32+,45-27-/t34-,35-,36-/m0/s1. The number of halogens is 1. The number of aromatic amines is 1. The van der Waals surface area contributed by atoms with Gasteiger partial charge in [0.15, 0.2) is 0 Å². The molecule has 0 fully saturated rings. The molecule has 0 aliphatic rings. The van der Waals surface area contributed by atoms with E-state index in [1.807, 2.05) is 92.8 Å². The number of nitrogens with one attached hydrogen (secondary N) is 4. The number of amides is 3. The molecule has 8 N–H and O–H groups in total. The van der Waals surface area contributed by atoms with Gasteiger partial charge in [-0.2, -0.15) is 0 Å². The number of para-hydroxylation sites is 1. The number of thiol groups is 1. The van der Waals surface area contributed by atoms with Gasteiger partial charge in [-0.3, -0.25) is 19.4 Å². The number of benzene rings is 2. The smallest absolute Gasteiger partial charge is 0.245 e. The van der Waals surface area contributed by atoms with E-state index in [2.05, 4.69) is 38.6 Å². The molecule has 0 saturated heterocycles. The number of allylic oxidation sites excluding steroid dienone is 2. The van der Waals surface area contributed by atoms with Gasteiger partial charge >= 0.3 is 0 Å². The van der Waals surface area contributed by atoms with Gasteiger partial charge in [0, 0.05) is 61.8 Å². The largest absolute Gasteiger partial charge is 0.361 e. The van der Waals surface area contributed by atoms with Crippen LogP contribution in [0.4, 0.5) is 0 Å². The van der Waals surface area contributed by atoms with Crippen molar-refractivity contribution in [1.82, 2.24) is 30.7 Å². The highest BCUT2D eigenvalue weighted by Gasteiger charge is 2.34. The van der Waals surface area contributed by atoms with E-state index >= 15 is 0 Å². The summed E-state index contributed by atoms with van der Waals surface area (Å²) in [6.45, 7) is 5.86. The van der Waals surface area contributed by atoms with Crippen molar-refractivity contribution in [2.75, 3.05) is 40.3 Å². The maximum atomic E-state index is 14.5. The fourth-order valence-electron chi connectivity index (χ4n) is 6.14. The highest BCUT2D eigenvalue weighted by atomic mass is 35.5. The van der Waals surface area contributed by atoms with Gasteiger partial charge in [0.1, 0.15) is 12.1 Å². The monoisotopic (exact) mass is 793 g/mol. The summed E-state index contributed by atoms with van der Waals surface area (Å²) in [5.74, 6) is -1.07. The summed E-state index contributed by atoms with van der Waals surface area (Å²) in [4.78, 5) is 54.5. The van der Waals surface area contributed by atoms with Crippen LogP contribution in [0.25, 0.3) is 10.9 Å². The van der Waals surface area contributed by atoms with E-state index in [-0.39, 0.29) is 30.7 Å². The van der Waals surface area contributed by atoms with Crippen LogP contribution in [0.15, 0.2) is 87.6 Å². The molecule has 300 valence electrons. The number of carbonyl (C=O) groups excluding carboxylic acids is 3. The first-order valence-corrected chi connectivity index (χ1v) is 20.0. The van der Waals surface area contributed by atoms with E-state index in [0.717, 1.165) is 33.3 Å². The predicted molar refractivity (Wildman–Crippen MR) is 228 cm³/mol. The highest BCUT2D eigenvalue weighted by Crippen LogP contribution is 2.22. The van der Waals surface area contributed by atoms with Crippen LogP contribution in [-0.2, 0) is 27.3 Å². The van der Waals surface area contributed by atoms with Crippen LogP contribution in [-0.4, -0.2) is 97.1 Å². The minimum Gasteiger partial charge on any atom is -0.361 e. The molecule has 14 heteroatoms. The maximum Gasteiger partial charge on any atom is 0.245 e. The zero-order valence-corrected chi connectivity index (χ0v) is 34.3. The second-order valence-electron chi connectivity index (χ2n) is 13.4. The van der Waals surface area contributed by atoms with Crippen LogP contribution in [0.2, 0.25) is 0 Å². The molecule has 2 aromatic carbocycles. The van der Waals surface area contributed by atoms with Crippen molar-refractivity contribution in [2.24, 2.45) is 16.5 Å². The molecule has 0 saturated carbocycles. The summed E-state index contributed by atoms with van der Waals surface area (Å²) >= 11 is 11.3. The Bertz CT molecular complexity index is 1760. The molecular weight excluding hydrogens is 734 g/mol. The summed E-state index contributed by atoms with van der Waals surface area (Å²) < 4.78 is 0. The van der Waals surface area contributed by atoms with Crippen LogP contribution < -0.4 is 27.4 Å². The zero-order valence-electron chi connectivity index (χ0n) is 32.7. The minimum absolute atomic E-state index is 0.0882. The van der Waals surface area contributed by atoms with Crippen molar-refractivity contribution in [1.29, 1.82) is 0 Å². The van der Waals surface area contributed by atoms with Crippen molar-refractivity contribution in [3.05, 3.63) is 88.9 Å². The molecule has 0 aliphatic carbocycles. The van der Waals surface area contributed by atoms with Gasteiger partial charge in [-0.05, 0) is 88.0 Å². The Morgan fingerprint density at radius 3 is 2.36 bits per heavy atom. The number of nitrogens with zero attached hydrogens (tertiary/aromatic N) is 3. The number of nitrogens with two attached hydrogens (primary N) is 2. The first kappa shape index (κ1) is 45.3. The lowest BCUT2D eigenvalue weighted by Gasteiger charge is -2.32. The van der Waals surface area contributed by atoms with E-state index < -0.39 is 18.1 Å². The third kappa shape index (κ3) is 14.1. The highest BCUT2D eigenvalue weighted by molar-refractivity contribution is 7.80. The molecule has 0 unspecified atom stereocenters. The summed E-state index contributed by atoms with van der Waals surface area (Å²) in [5, 5.41) is 10.8. The summed E-state index contributed by atoms with van der Waals surface area (Å²) in [5.41, 5.74) is 15.1. The predicted octanol–water partition coefficient (Wildman–Crippen LogP) is 4.85. The number of fused-ring (bicyclic) bond motifs is 1.